The van der Waals surface area contributed by atoms with E-state index in [2.05, 4.69) is 0 Å². The van der Waals surface area contributed by atoms with E-state index in [0.29, 0.717) is 11.3 Å². The van der Waals surface area contributed by atoms with Crippen LogP contribution < -0.4 is 11.5 Å². The van der Waals surface area contributed by atoms with Gasteiger partial charge in [-0.1, -0.05) is 30.3 Å². The summed E-state index contributed by atoms with van der Waals surface area (Å²) < 4.78 is 5.53. The molecular weight excluding hydrogens is 304 g/mol. The number of hydrogen-bond acceptors (Lipinski definition) is 7. The highest BCUT2D eigenvalue weighted by molar-refractivity contribution is 6.07. The third-order valence-corrected chi connectivity index (χ3v) is 3.42. The summed E-state index contributed by atoms with van der Waals surface area (Å²) in [4.78, 5) is 20.8. The zero-order chi connectivity index (χ0) is 16.7. The average Bonchev–Trinajstić information content (AvgIpc) is 2.92. The van der Waals surface area contributed by atoms with Gasteiger partial charge in [0.15, 0.2) is 17.0 Å². The second-order valence-corrected chi connectivity index (χ2v) is 4.76. The minimum Gasteiger partial charge on any atom is -0.453 e. The van der Waals surface area contributed by atoms with Crippen LogP contribution in [0.5, 0.6) is 0 Å². The Bertz CT molecular complexity index is 949. The first-order valence-corrected chi connectivity index (χ1v) is 6.40. The molecule has 1 aromatic heterocycles. The van der Waals surface area contributed by atoms with Crippen molar-refractivity contribution in [1.82, 2.24) is 0 Å². The summed E-state index contributed by atoms with van der Waals surface area (Å²) >= 11 is 0. The Labute approximate surface area is 128 Å². The highest BCUT2D eigenvalue weighted by atomic mass is 16.6. The van der Waals surface area contributed by atoms with Gasteiger partial charge in [-0.15, -0.1) is 0 Å². The van der Waals surface area contributed by atoms with E-state index in [1.807, 2.05) is 0 Å². The molecular formula is C14H10N4O5. The minimum atomic E-state index is -0.859. The van der Waals surface area contributed by atoms with E-state index >= 15 is 0 Å². The van der Waals surface area contributed by atoms with E-state index in [4.69, 9.17) is 15.9 Å². The van der Waals surface area contributed by atoms with Gasteiger partial charge in [-0.2, -0.15) is 0 Å². The Morgan fingerprint density at radius 3 is 2.09 bits per heavy atom. The first-order valence-electron chi connectivity index (χ1n) is 6.40. The summed E-state index contributed by atoms with van der Waals surface area (Å²) in [6, 6.07) is 10.2. The molecule has 3 rings (SSSR count). The van der Waals surface area contributed by atoms with Gasteiger partial charge in [0.05, 0.1) is 9.85 Å². The SMILES string of the molecule is Nc1c([N+](=O)[O-])c(N)c2oc(-c3ccccc3)cc2c1[N+](=O)[O-]. The van der Waals surface area contributed by atoms with Crippen LogP contribution >= 0.6 is 0 Å². The second kappa shape index (κ2) is 4.98. The van der Waals surface area contributed by atoms with Crippen LogP contribution in [-0.2, 0) is 0 Å². The van der Waals surface area contributed by atoms with Gasteiger partial charge in [-0.05, 0) is 6.07 Å². The number of hydrogen-bond donors (Lipinski definition) is 2. The molecule has 0 fully saturated rings. The summed E-state index contributed by atoms with van der Waals surface area (Å²) in [5.74, 6) is 0.301. The van der Waals surface area contributed by atoms with E-state index in [1.54, 1.807) is 30.3 Å². The molecule has 2 aromatic carbocycles. The van der Waals surface area contributed by atoms with Gasteiger partial charge < -0.3 is 15.9 Å². The number of fused-ring (bicyclic) bond motifs is 1. The Hall–Kier alpha value is -3.62. The lowest BCUT2D eigenvalue weighted by atomic mass is 10.1. The summed E-state index contributed by atoms with van der Waals surface area (Å²) in [6.07, 6.45) is 0. The topological polar surface area (TPSA) is 151 Å². The molecule has 0 radical (unpaired) electrons. The molecule has 3 aromatic rings. The molecule has 0 aliphatic rings. The number of nitro groups is 2. The monoisotopic (exact) mass is 314 g/mol. The van der Waals surface area contributed by atoms with Crippen molar-refractivity contribution in [1.29, 1.82) is 0 Å². The first-order chi connectivity index (χ1) is 10.9. The lowest BCUT2D eigenvalue weighted by molar-refractivity contribution is -0.390. The fourth-order valence-electron chi connectivity index (χ4n) is 2.41. The Morgan fingerprint density at radius 2 is 1.52 bits per heavy atom. The van der Waals surface area contributed by atoms with Crippen molar-refractivity contribution in [2.24, 2.45) is 0 Å². The van der Waals surface area contributed by atoms with Crippen molar-refractivity contribution >= 4 is 33.7 Å². The van der Waals surface area contributed by atoms with Crippen LogP contribution in [0.3, 0.4) is 0 Å². The summed E-state index contributed by atoms with van der Waals surface area (Å²) in [5.41, 5.74) is 9.62. The average molecular weight is 314 g/mol. The molecule has 0 bridgehead atoms. The van der Waals surface area contributed by atoms with Gasteiger partial charge in [0.2, 0.25) is 0 Å². The number of furan rings is 1. The van der Waals surface area contributed by atoms with Crippen molar-refractivity contribution in [3.63, 3.8) is 0 Å². The smallest absolute Gasteiger partial charge is 0.325 e. The van der Waals surface area contributed by atoms with Crippen molar-refractivity contribution in [3.05, 3.63) is 56.6 Å². The molecule has 1 heterocycles. The zero-order valence-corrected chi connectivity index (χ0v) is 11.6. The van der Waals surface area contributed by atoms with Crippen LogP contribution in [-0.4, -0.2) is 9.85 Å². The van der Waals surface area contributed by atoms with E-state index in [-0.39, 0.29) is 16.7 Å². The Kier molecular flexibility index (Phi) is 3.10. The molecule has 9 heteroatoms. The Morgan fingerprint density at radius 1 is 0.913 bits per heavy atom. The molecule has 0 unspecified atom stereocenters. The number of nitrogens with two attached hydrogens (primary N) is 2. The normalized spacial score (nSPS) is 10.8. The number of nitrogen functional groups attached to an aromatic ring is 2. The third-order valence-electron chi connectivity index (χ3n) is 3.42. The largest absolute Gasteiger partial charge is 0.453 e. The molecule has 0 atom stereocenters. The number of anilines is 2. The molecule has 0 aliphatic carbocycles. The fraction of sp³-hybridized carbons (Fsp3) is 0. The maximum atomic E-state index is 11.3. The molecule has 116 valence electrons. The van der Waals surface area contributed by atoms with Gasteiger partial charge in [0.25, 0.3) is 0 Å². The lowest BCUT2D eigenvalue weighted by Crippen LogP contribution is -2.04. The number of benzene rings is 2. The zero-order valence-electron chi connectivity index (χ0n) is 11.6. The van der Waals surface area contributed by atoms with E-state index in [9.17, 15) is 20.2 Å². The van der Waals surface area contributed by atoms with Crippen LogP contribution in [0, 0.1) is 20.2 Å². The number of rotatable bonds is 3. The molecule has 4 N–H and O–H groups in total. The van der Waals surface area contributed by atoms with Crippen molar-refractivity contribution in [2.75, 3.05) is 11.5 Å². The quantitative estimate of drug-likeness (QED) is 0.428. The summed E-state index contributed by atoms with van der Waals surface area (Å²) in [6.45, 7) is 0. The van der Waals surface area contributed by atoms with E-state index < -0.39 is 26.9 Å². The number of nitrogens with zero attached hydrogens (tertiary/aromatic N) is 2. The highest BCUT2D eigenvalue weighted by Gasteiger charge is 2.33. The molecule has 23 heavy (non-hydrogen) atoms. The van der Waals surface area contributed by atoms with E-state index in [1.165, 1.54) is 6.07 Å². The second-order valence-electron chi connectivity index (χ2n) is 4.76. The van der Waals surface area contributed by atoms with Gasteiger partial charge in [0, 0.05) is 5.56 Å². The van der Waals surface area contributed by atoms with Crippen LogP contribution in [0.25, 0.3) is 22.3 Å². The minimum absolute atomic E-state index is 0.0226. The van der Waals surface area contributed by atoms with Crippen LogP contribution in [0.4, 0.5) is 22.7 Å². The van der Waals surface area contributed by atoms with Crippen LogP contribution in [0.1, 0.15) is 0 Å². The third kappa shape index (κ3) is 2.11. The maximum absolute atomic E-state index is 11.3. The van der Waals surface area contributed by atoms with E-state index in [0.717, 1.165) is 0 Å². The van der Waals surface area contributed by atoms with Gasteiger partial charge >= 0.3 is 11.4 Å². The molecule has 0 spiro atoms. The van der Waals surface area contributed by atoms with Crippen molar-refractivity contribution in [3.8, 4) is 11.3 Å². The molecule has 9 nitrogen and oxygen atoms in total. The number of nitro benzene ring substituents is 2. The van der Waals surface area contributed by atoms with Gasteiger partial charge in [0.1, 0.15) is 11.1 Å². The molecule has 0 amide bonds. The van der Waals surface area contributed by atoms with Crippen LogP contribution in [0.15, 0.2) is 40.8 Å². The van der Waals surface area contributed by atoms with Crippen LogP contribution in [0.2, 0.25) is 0 Å². The maximum Gasteiger partial charge on any atom is 0.325 e. The van der Waals surface area contributed by atoms with Crippen molar-refractivity contribution < 1.29 is 14.3 Å². The highest BCUT2D eigenvalue weighted by Crippen LogP contribution is 2.46. The lowest BCUT2D eigenvalue weighted by Gasteiger charge is -2.03. The summed E-state index contributed by atoms with van der Waals surface area (Å²) in [7, 11) is 0. The molecule has 0 saturated carbocycles. The van der Waals surface area contributed by atoms with Crippen molar-refractivity contribution in [2.45, 2.75) is 0 Å². The summed E-state index contributed by atoms with van der Waals surface area (Å²) in [5, 5.41) is 22.4. The molecule has 0 saturated heterocycles. The fourth-order valence-corrected chi connectivity index (χ4v) is 2.41. The predicted molar refractivity (Wildman–Crippen MR) is 83.8 cm³/mol. The standard InChI is InChI=1S/C14H10N4O5/c15-10-12(17(19)20)8-6-9(7-4-2-1-3-5-7)23-14(8)11(16)13(10)18(21)22/h1-6H,15-16H2. The van der Waals surface area contributed by atoms with Gasteiger partial charge in [-0.25, -0.2) is 0 Å². The molecule has 0 aliphatic heterocycles. The first kappa shape index (κ1) is 14.3. The van der Waals surface area contributed by atoms with Gasteiger partial charge in [-0.3, -0.25) is 20.2 Å². The Balaban J connectivity index is 2.42. The predicted octanol–water partition coefficient (Wildman–Crippen LogP) is 3.08.